The zero-order valence-corrected chi connectivity index (χ0v) is 30.5. The van der Waals surface area contributed by atoms with Gasteiger partial charge in [0.2, 0.25) is 0 Å². The predicted molar refractivity (Wildman–Crippen MR) is 190 cm³/mol. The summed E-state index contributed by atoms with van der Waals surface area (Å²) in [5.74, 6) is -1.11. The maximum Gasteiger partial charge on any atom is 0.416 e. The second kappa shape index (κ2) is 30.7. The molecule has 14 nitrogen and oxygen atoms in total. The lowest BCUT2D eigenvalue weighted by Gasteiger charge is -2.13. The largest absolute Gasteiger partial charge is 0.460 e. The molecule has 0 radical (unpaired) electrons. The first-order valence-corrected chi connectivity index (χ1v) is 17.5. The molecule has 0 bridgehead atoms. The van der Waals surface area contributed by atoms with E-state index in [9.17, 15) is 22.8 Å². The summed E-state index contributed by atoms with van der Waals surface area (Å²) in [5, 5.41) is 2.85. The van der Waals surface area contributed by atoms with Crippen molar-refractivity contribution in [2.45, 2.75) is 6.18 Å². The summed E-state index contributed by atoms with van der Waals surface area (Å²) < 4.78 is 97.9. The molecule has 0 aliphatic heterocycles. The van der Waals surface area contributed by atoms with Crippen LogP contribution in [0.4, 0.5) is 24.5 Å². The van der Waals surface area contributed by atoms with Crippen LogP contribution >= 0.6 is 0 Å². The molecule has 17 heteroatoms. The first-order valence-electron chi connectivity index (χ1n) is 17.5. The maximum absolute atomic E-state index is 13.0. The number of esters is 2. The number of hydrogen-bond donors (Lipinski definition) is 1. The summed E-state index contributed by atoms with van der Waals surface area (Å²) in [6.45, 7) is 10.6. The molecule has 0 fully saturated rings. The molecule has 54 heavy (non-hydrogen) atoms. The lowest BCUT2D eigenvalue weighted by Crippen LogP contribution is -2.16. The Kier molecular flexibility index (Phi) is 26.4. The molecule has 1 N–H and O–H groups in total. The number of carbonyl (C=O) groups is 2. The van der Waals surface area contributed by atoms with E-state index in [2.05, 4.69) is 11.9 Å². The highest BCUT2D eigenvalue weighted by atomic mass is 19.4. The highest BCUT2D eigenvalue weighted by molar-refractivity contribution is 5.96. The Hall–Kier alpha value is -3.65. The van der Waals surface area contributed by atoms with Gasteiger partial charge in [0.25, 0.3) is 0 Å². The Morgan fingerprint density at radius 1 is 0.537 bits per heavy atom. The van der Waals surface area contributed by atoms with Crippen molar-refractivity contribution in [3.63, 3.8) is 0 Å². The molecule has 0 spiro atoms. The lowest BCUT2D eigenvalue weighted by molar-refractivity contribution is -0.139. The quantitative estimate of drug-likeness (QED) is 0.0605. The van der Waals surface area contributed by atoms with E-state index >= 15 is 0 Å². The van der Waals surface area contributed by atoms with Crippen LogP contribution in [0.1, 0.15) is 15.9 Å². The number of carbonyl (C=O) groups excluding carboxylic acids is 2. The molecule has 0 aromatic heterocycles. The van der Waals surface area contributed by atoms with Crippen molar-refractivity contribution >= 4 is 23.3 Å². The molecular formula is C37H52F3NO13. The van der Waals surface area contributed by atoms with Crippen LogP contribution in [-0.4, -0.2) is 144 Å². The van der Waals surface area contributed by atoms with Gasteiger partial charge in [-0.05, 0) is 30.3 Å². The fourth-order valence-corrected chi connectivity index (χ4v) is 4.09. The number of alkyl halides is 3. The Labute approximate surface area is 314 Å². The second-order valence-corrected chi connectivity index (χ2v) is 10.8. The molecule has 0 aliphatic rings. The highest BCUT2D eigenvalue weighted by Crippen LogP contribution is 2.32. The SMILES string of the molecule is C=CC(=O)OCCOCCOCCOCCOCCOCCOCCOCCOCCOCCOC(=O)c1ccccc1Nc1cccc(C(F)(F)F)c1. The van der Waals surface area contributed by atoms with E-state index in [4.69, 9.17) is 52.1 Å². The van der Waals surface area contributed by atoms with Gasteiger partial charge in [-0.15, -0.1) is 0 Å². The van der Waals surface area contributed by atoms with Crippen LogP contribution in [0, 0.1) is 0 Å². The van der Waals surface area contributed by atoms with E-state index in [0.717, 1.165) is 18.2 Å². The number of ether oxygens (including phenoxy) is 11. The van der Waals surface area contributed by atoms with Gasteiger partial charge in [-0.25, -0.2) is 9.59 Å². The van der Waals surface area contributed by atoms with E-state index in [0.29, 0.717) is 118 Å². The summed E-state index contributed by atoms with van der Waals surface area (Å²) in [7, 11) is 0. The van der Waals surface area contributed by atoms with Crippen molar-refractivity contribution < 1.29 is 74.9 Å². The van der Waals surface area contributed by atoms with E-state index in [-0.39, 0.29) is 31.1 Å². The van der Waals surface area contributed by atoms with Crippen molar-refractivity contribution in [1.29, 1.82) is 0 Å². The van der Waals surface area contributed by atoms with Crippen LogP contribution in [-0.2, 0) is 63.1 Å². The van der Waals surface area contributed by atoms with Crippen molar-refractivity contribution in [1.82, 2.24) is 0 Å². The van der Waals surface area contributed by atoms with Crippen LogP contribution in [0.25, 0.3) is 0 Å². The zero-order chi connectivity index (χ0) is 39.0. The van der Waals surface area contributed by atoms with Crippen LogP contribution in [0.5, 0.6) is 0 Å². The van der Waals surface area contributed by atoms with Gasteiger partial charge in [0.1, 0.15) is 13.2 Å². The van der Waals surface area contributed by atoms with Crippen molar-refractivity contribution in [3.8, 4) is 0 Å². The van der Waals surface area contributed by atoms with E-state index in [1.807, 2.05) is 0 Å². The minimum atomic E-state index is -4.48. The van der Waals surface area contributed by atoms with Gasteiger partial charge in [0.15, 0.2) is 0 Å². The molecule has 0 saturated heterocycles. The molecule has 2 aromatic carbocycles. The summed E-state index contributed by atoms with van der Waals surface area (Å²) in [4.78, 5) is 23.4. The Morgan fingerprint density at radius 2 is 0.926 bits per heavy atom. The third-order valence-corrected chi connectivity index (χ3v) is 6.69. The molecule has 2 rings (SSSR count). The summed E-state index contributed by atoms with van der Waals surface area (Å²) in [6, 6.07) is 11.1. The monoisotopic (exact) mass is 775 g/mol. The molecule has 0 atom stereocenters. The van der Waals surface area contributed by atoms with Gasteiger partial charge >= 0.3 is 18.1 Å². The van der Waals surface area contributed by atoms with Crippen molar-refractivity contribution in [2.75, 3.05) is 137 Å². The average molecular weight is 776 g/mol. The predicted octanol–water partition coefficient (Wildman–Crippen LogP) is 4.48. The van der Waals surface area contributed by atoms with E-state index in [1.165, 1.54) is 18.2 Å². The summed E-state index contributed by atoms with van der Waals surface area (Å²) in [5.41, 5.74) is -0.109. The Balaban J connectivity index is 1.29. The summed E-state index contributed by atoms with van der Waals surface area (Å²) in [6.07, 6.45) is -3.38. The third-order valence-electron chi connectivity index (χ3n) is 6.69. The van der Waals surface area contributed by atoms with Crippen molar-refractivity contribution in [2.24, 2.45) is 0 Å². The number of halogens is 3. The van der Waals surface area contributed by atoms with Gasteiger partial charge in [-0.3, -0.25) is 0 Å². The summed E-state index contributed by atoms with van der Waals surface area (Å²) >= 11 is 0. The Bertz CT molecular complexity index is 1290. The number of rotatable bonds is 34. The number of anilines is 2. The lowest BCUT2D eigenvalue weighted by atomic mass is 10.1. The van der Waals surface area contributed by atoms with Crippen LogP contribution < -0.4 is 5.32 Å². The normalized spacial score (nSPS) is 11.4. The fourth-order valence-electron chi connectivity index (χ4n) is 4.09. The standard InChI is InChI=1S/C37H52F3NO13/c1-2-35(42)53-28-26-51-24-22-49-20-18-47-16-14-45-12-10-44-11-13-46-15-17-48-19-21-50-23-25-52-27-29-54-36(43)33-8-3-4-9-34(33)41-32-7-5-6-31(30-32)37(38,39)40/h2-9,30,41H,1,10-29H2. The minimum Gasteiger partial charge on any atom is -0.460 e. The average Bonchev–Trinajstić information content (AvgIpc) is 3.16. The first-order chi connectivity index (χ1) is 26.3. The van der Waals surface area contributed by atoms with Crippen molar-refractivity contribution in [3.05, 3.63) is 72.3 Å². The number of para-hydroxylation sites is 1. The van der Waals surface area contributed by atoms with Gasteiger partial charge in [-0.2, -0.15) is 13.2 Å². The number of benzene rings is 2. The third kappa shape index (κ3) is 23.9. The fraction of sp³-hybridized carbons (Fsp3) is 0.568. The first kappa shape index (κ1) is 46.5. The number of nitrogens with one attached hydrogen (secondary N) is 1. The van der Waals surface area contributed by atoms with Gasteiger partial charge in [0.05, 0.1) is 136 Å². The van der Waals surface area contributed by atoms with Crippen LogP contribution in [0.3, 0.4) is 0 Å². The second-order valence-electron chi connectivity index (χ2n) is 10.8. The topological polar surface area (TPSA) is 148 Å². The molecule has 2 aromatic rings. The molecule has 0 saturated carbocycles. The van der Waals surface area contributed by atoms with Gasteiger partial charge < -0.3 is 57.4 Å². The van der Waals surface area contributed by atoms with Crippen LogP contribution in [0.15, 0.2) is 61.2 Å². The number of hydrogen-bond acceptors (Lipinski definition) is 14. The molecular weight excluding hydrogens is 723 g/mol. The molecule has 0 unspecified atom stereocenters. The smallest absolute Gasteiger partial charge is 0.416 e. The van der Waals surface area contributed by atoms with Gasteiger partial charge in [0, 0.05) is 11.8 Å². The molecule has 304 valence electrons. The Morgan fingerprint density at radius 3 is 1.33 bits per heavy atom. The van der Waals surface area contributed by atoms with E-state index < -0.39 is 23.7 Å². The molecule has 0 aliphatic carbocycles. The van der Waals surface area contributed by atoms with Gasteiger partial charge in [-0.1, -0.05) is 24.8 Å². The highest BCUT2D eigenvalue weighted by Gasteiger charge is 2.30. The zero-order valence-electron chi connectivity index (χ0n) is 30.5. The minimum absolute atomic E-state index is 0.00783. The molecule has 0 heterocycles. The van der Waals surface area contributed by atoms with E-state index in [1.54, 1.807) is 18.2 Å². The maximum atomic E-state index is 13.0. The molecule has 0 amide bonds. The van der Waals surface area contributed by atoms with Crippen LogP contribution in [0.2, 0.25) is 0 Å².